The molecule has 74 valence electrons. The molecule has 1 heterocycles. The lowest BCUT2D eigenvalue weighted by Crippen LogP contribution is -2.07. The summed E-state index contributed by atoms with van der Waals surface area (Å²) in [6.07, 6.45) is 7.43. The largest absolute Gasteiger partial charge is 0.317 e. The standard InChI is InChI=1S/C7H10O.C4H9N/c8-7-4-5-1-2-6(7)3-5;1-2-4-5-3-1/h5-6H,1-4H2;5H,1-4H2. The Hall–Kier alpha value is -0.370. The van der Waals surface area contributed by atoms with Crippen LogP contribution in [0, 0.1) is 11.8 Å². The SMILES string of the molecule is C1CCNC1.O=C1CC2CCC1C2. The molecule has 2 bridgehead atoms. The summed E-state index contributed by atoms with van der Waals surface area (Å²) in [5.74, 6) is 1.84. The maximum Gasteiger partial charge on any atom is 0.136 e. The first-order chi connectivity index (χ1) is 6.36. The zero-order chi connectivity index (χ0) is 9.10. The fourth-order valence-corrected chi connectivity index (χ4v) is 2.63. The minimum atomic E-state index is 0.500. The first-order valence-electron chi connectivity index (χ1n) is 5.59. The van der Waals surface area contributed by atoms with Crippen LogP contribution in [-0.4, -0.2) is 18.9 Å². The van der Waals surface area contributed by atoms with E-state index in [-0.39, 0.29) is 0 Å². The van der Waals surface area contributed by atoms with E-state index < -0.39 is 0 Å². The van der Waals surface area contributed by atoms with Crippen LogP contribution in [-0.2, 0) is 4.79 Å². The van der Waals surface area contributed by atoms with Crippen LogP contribution in [0.25, 0.3) is 0 Å². The summed E-state index contributed by atoms with van der Waals surface area (Å²) >= 11 is 0. The van der Waals surface area contributed by atoms with Crippen LogP contribution in [0.5, 0.6) is 0 Å². The van der Waals surface area contributed by atoms with E-state index >= 15 is 0 Å². The molecule has 1 aliphatic heterocycles. The highest BCUT2D eigenvalue weighted by Crippen LogP contribution is 2.41. The summed E-state index contributed by atoms with van der Waals surface area (Å²) in [4.78, 5) is 10.8. The molecule has 2 unspecified atom stereocenters. The molecule has 1 N–H and O–H groups in total. The number of hydrogen-bond donors (Lipinski definition) is 1. The van der Waals surface area contributed by atoms with Crippen LogP contribution in [0.3, 0.4) is 0 Å². The number of rotatable bonds is 0. The summed E-state index contributed by atoms with van der Waals surface area (Å²) in [7, 11) is 0. The van der Waals surface area contributed by atoms with E-state index in [1.165, 1.54) is 45.2 Å². The highest BCUT2D eigenvalue weighted by Gasteiger charge is 2.37. The second-order valence-corrected chi connectivity index (χ2v) is 4.50. The van der Waals surface area contributed by atoms with Crippen molar-refractivity contribution < 1.29 is 4.79 Å². The maximum absolute atomic E-state index is 10.8. The molecule has 3 fully saturated rings. The Kier molecular flexibility index (Phi) is 2.99. The zero-order valence-corrected chi connectivity index (χ0v) is 8.22. The average molecular weight is 181 g/mol. The van der Waals surface area contributed by atoms with Gasteiger partial charge in [0.25, 0.3) is 0 Å². The van der Waals surface area contributed by atoms with E-state index in [0.29, 0.717) is 11.7 Å². The van der Waals surface area contributed by atoms with Gasteiger partial charge in [0.1, 0.15) is 5.78 Å². The van der Waals surface area contributed by atoms with Gasteiger partial charge in [-0.3, -0.25) is 4.79 Å². The smallest absolute Gasteiger partial charge is 0.136 e. The van der Waals surface area contributed by atoms with E-state index in [1.54, 1.807) is 0 Å². The third kappa shape index (κ3) is 2.31. The molecule has 0 amide bonds. The number of carbonyl (C=O) groups is 1. The molecule has 0 aromatic carbocycles. The van der Waals surface area contributed by atoms with E-state index in [4.69, 9.17) is 0 Å². The van der Waals surface area contributed by atoms with Gasteiger partial charge in [-0.1, -0.05) is 0 Å². The molecule has 2 saturated carbocycles. The third-order valence-electron chi connectivity index (χ3n) is 3.44. The molecular formula is C11H19NO. The van der Waals surface area contributed by atoms with Crippen LogP contribution >= 0.6 is 0 Å². The van der Waals surface area contributed by atoms with Gasteiger partial charge in [0.05, 0.1) is 0 Å². The second kappa shape index (κ2) is 4.23. The summed E-state index contributed by atoms with van der Waals surface area (Å²) in [5, 5.41) is 3.22. The van der Waals surface area contributed by atoms with E-state index in [0.717, 1.165) is 12.3 Å². The monoisotopic (exact) mass is 181 g/mol. The summed E-state index contributed by atoms with van der Waals surface area (Å²) in [5.41, 5.74) is 0. The van der Waals surface area contributed by atoms with Crippen molar-refractivity contribution >= 4 is 5.78 Å². The van der Waals surface area contributed by atoms with Crippen molar-refractivity contribution in [2.45, 2.75) is 38.5 Å². The molecule has 3 rings (SSSR count). The zero-order valence-electron chi connectivity index (χ0n) is 8.22. The minimum Gasteiger partial charge on any atom is -0.317 e. The first kappa shape index (κ1) is 9.20. The van der Waals surface area contributed by atoms with Crippen molar-refractivity contribution in [2.24, 2.45) is 11.8 Å². The summed E-state index contributed by atoms with van der Waals surface area (Å²) in [6.45, 7) is 2.50. The van der Waals surface area contributed by atoms with Gasteiger partial charge in [0.15, 0.2) is 0 Å². The molecule has 0 aromatic heterocycles. The average Bonchev–Trinajstić information content (AvgIpc) is 2.83. The quantitative estimate of drug-likeness (QED) is 0.617. The van der Waals surface area contributed by atoms with Gasteiger partial charge in [0, 0.05) is 12.3 Å². The fourth-order valence-electron chi connectivity index (χ4n) is 2.63. The number of Topliss-reactive ketones (excluding diaryl/α,β-unsaturated/α-hetero) is 1. The Labute approximate surface area is 80.1 Å². The molecule has 0 radical (unpaired) electrons. The number of hydrogen-bond acceptors (Lipinski definition) is 2. The van der Waals surface area contributed by atoms with Crippen LogP contribution in [0.4, 0.5) is 0 Å². The van der Waals surface area contributed by atoms with Gasteiger partial charge in [-0.2, -0.15) is 0 Å². The predicted molar refractivity (Wildman–Crippen MR) is 52.6 cm³/mol. The normalized spacial score (nSPS) is 36.2. The van der Waals surface area contributed by atoms with Gasteiger partial charge in [-0.25, -0.2) is 0 Å². The fraction of sp³-hybridized carbons (Fsp3) is 0.909. The van der Waals surface area contributed by atoms with Crippen LogP contribution in [0.2, 0.25) is 0 Å². The Morgan fingerprint density at radius 2 is 1.92 bits per heavy atom. The first-order valence-corrected chi connectivity index (χ1v) is 5.59. The van der Waals surface area contributed by atoms with Crippen molar-refractivity contribution in [2.75, 3.05) is 13.1 Å². The van der Waals surface area contributed by atoms with Crippen LogP contribution in [0.15, 0.2) is 0 Å². The molecule has 2 atom stereocenters. The van der Waals surface area contributed by atoms with Crippen molar-refractivity contribution in [3.05, 3.63) is 0 Å². The molecule has 2 aliphatic carbocycles. The summed E-state index contributed by atoms with van der Waals surface area (Å²) < 4.78 is 0. The number of ketones is 1. The topological polar surface area (TPSA) is 29.1 Å². The Balaban J connectivity index is 0.000000113. The van der Waals surface area contributed by atoms with Gasteiger partial charge < -0.3 is 5.32 Å². The number of nitrogens with one attached hydrogen (secondary N) is 1. The molecule has 2 nitrogen and oxygen atoms in total. The molecule has 1 saturated heterocycles. The lowest BCUT2D eigenvalue weighted by molar-refractivity contribution is -0.121. The van der Waals surface area contributed by atoms with Crippen LogP contribution < -0.4 is 5.32 Å². The van der Waals surface area contributed by atoms with Crippen molar-refractivity contribution in [3.8, 4) is 0 Å². The molecule has 2 heteroatoms. The Morgan fingerprint density at radius 1 is 1.15 bits per heavy atom. The van der Waals surface area contributed by atoms with Crippen molar-refractivity contribution in [1.29, 1.82) is 0 Å². The predicted octanol–water partition coefficient (Wildman–Crippen LogP) is 1.75. The van der Waals surface area contributed by atoms with Crippen molar-refractivity contribution in [1.82, 2.24) is 5.32 Å². The third-order valence-corrected chi connectivity index (χ3v) is 3.44. The van der Waals surface area contributed by atoms with E-state index in [9.17, 15) is 4.79 Å². The molecule has 13 heavy (non-hydrogen) atoms. The molecular weight excluding hydrogens is 162 g/mol. The number of fused-ring (bicyclic) bond motifs is 2. The highest BCUT2D eigenvalue weighted by atomic mass is 16.1. The molecule has 3 aliphatic rings. The van der Waals surface area contributed by atoms with E-state index in [2.05, 4.69) is 5.32 Å². The number of carbonyl (C=O) groups excluding carboxylic acids is 1. The molecule has 0 spiro atoms. The highest BCUT2D eigenvalue weighted by molar-refractivity contribution is 5.84. The van der Waals surface area contributed by atoms with Gasteiger partial charge in [-0.15, -0.1) is 0 Å². The minimum absolute atomic E-state index is 0.500. The lowest BCUT2D eigenvalue weighted by atomic mass is 10.00. The Bertz CT molecular complexity index is 179. The van der Waals surface area contributed by atoms with Gasteiger partial charge in [-0.05, 0) is 51.1 Å². The van der Waals surface area contributed by atoms with E-state index in [1.807, 2.05) is 0 Å². The summed E-state index contributed by atoms with van der Waals surface area (Å²) in [6, 6.07) is 0. The Morgan fingerprint density at radius 3 is 2.15 bits per heavy atom. The van der Waals surface area contributed by atoms with Gasteiger partial charge in [0.2, 0.25) is 0 Å². The van der Waals surface area contributed by atoms with Gasteiger partial charge >= 0.3 is 0 Å². The van der Waals surface area contributed by atoms with Crippen LogP contribution in [0.1, 0.15) is 38.5 Å². The molecule has 0 aromatic rings. The maximum atomic E-state index is 10.8. The lowest BCUT2D eigenvalue weighted by Gasteiger charge is -2.04. The second-order valence-electron chi connectivity index (χ2n) is 4.50. The van der Waals surface area contributed by atoms with Crippen molar-refractivity contribution in [3.63, 3.8) is 0 Å².